The Kier molecular flexibility index (Phi) is 3.68. The Balaban J connectivity index is 1.75. The Labute approximate surface area is 130 Å². The van der Waals surface area contributed by atoms with Gasteiger partial charge in [0.15, 0.2) is 5.92 Å². The van der Waals surface area contributed by atoms with Gasteiger partial charge >= 0.3 is 0 Å². The average Bonchev–Trinajstić information content (AvgIpc) is 3.05. The van der Waals surface area contributed by atoms with Gasteiger partial charge in [0.2, 0.25) is 11.0 Å². The second-order valence-electron chi connectivity index (χ2n) is 4.80. The van der Waals surface area contributed by atoms with E-state index in [0.717, 1.165) is 5.56 Å². The monoisotopic (exact) mass is 315 g/mol. The van der Waals surface area contributed by atoms with Gasteiger partial charge in [0, 0.05) is 12.6 Å². The molecule has 0 saturated heterocycles. The van der Waals surface area contributed by atoms with Crippen LogP contribution in [-0.4, -0.2) is 39.8 Å². The number of hydrogen-bond acceptors (Lipinski definition) is 6. The summed E-state index contributed by atoms with van der Waals surface area (Å²) >= 11 is 1.26. The van der Waals surface area contributed by atoms with Gasteiger partial charge in [0.1, 0.15) is 5.01 Å². The van der Waals surface area contributed by atoms with Crippen molar-refractivity contribution in [1.82, 2.24) is 15.2 Å². The van der Waals surface area contributed by atoms with Crippen molar-refractivity contribution in [2.24, 2.45) is 11.0 Å². The molecule has 22 heavy (non-hydrogen) atoms. The molecule has 0 fully saturated rings. The Morgan fingerprint density at radius 3 is 2.64 bits per heavy atom. The summed E-state index contributed by atoms with van der Waals surface area (Å²) in [6, 6.07) is 9.55. The maximum atomic E-state index is 12.2. The Morgan fingerprint density at radius 2 is 2.00 bits per heavy atom. The fourth-order valence-corrected chi connectivity index (χ4v) is 2.91. The van der Waals surface area contributed by atoms with Crippen molar-refractivity contribution in [3.63, 3.8) is 0 Å². The van der Waals surface area contributed by atoms with E-state index in [0.29, 0.717) is 15.9 Å². The molecule has 8 heteroatoms. The van der Waals surface area contributed by atoms with Gasteiger partial charge in [-0.3, -0.25) is 14.9 Å². The van der Waals surface area contributed by atoms with E-state index in [2.05, 4.69) is 20.6 Å². The van der Waals surface area contributed by atoms with Gasteiger partial charge in [-0.05, 0) is 6.92 Å². The van der Waals surface area contributed by atoms with E-state index in [4.69, 9.17) is 0 Å². The van der Waals surface area contributed by atoms with E-state index < -0.39 is 11.8 Å². The number of anilines is 1. The summed E-state index contributed by atoms with van der Waals surface area (Å²) < 4.78 is 0. The van der Waals surface area contributed by atoms with Gasteiger partial charge in [-0.15, -0.1) is 10.2 Å². The standard InChI is InChI=1S/C14H13N5O2S/c1-8-10(13(21)19(2)18-8)11(20)15-14-17-16-12(22-14)9-6-4-3-5-7-9/h3-7,10H,1-2H3,(H,15,17,20). The summed E-state index contributed by atoms with van der Waals surface area (Å²) in [5.74, 6) is -1.68. The van der Waals surface area contributed by atoms with E-state index in [-0.39, 0.29) is 5.91 Å². The Bertz CT molecular complexity index is 756. The maximum Gasteiger partial charge on any atom is 0.260 e. The number of carbonyl (C=O) groups excluding carboxylic acids is 2. The summed E-state index contributed by atoms with van der Waals surface area (Å²) in [4.78, 5) is 24.1. The van der Waals surface area contributed by atoms with E-state index in [1.807, 2.05) is 30.3 Å². The molecule has 1 N–H and O–H groups in total. The highest BCUT2D eigenvalue weighted by atomic mass is 32.1. The molecule has 0 bridgehead atoms. The fraction of sp³-hybridized carbons (Fsp3) is 0.214. The SMILES string of the molecule is CC1=NN(C)C(=O)C1C(=O)Nc1nnc(-c2ccccc2)s1. The van der Waals surface area contributed by atoms with E-state index in [1.165, 1.54) is 23.4 Å². The zero-order valence-electron chi connectivity index (χ0n) is 12.0. The zero-order chi connectivity index (χ0) is 15.7. The minimum absolute atomic E-state index is 0.345. The maximum absolute atomic E-state index is 12.2. The van der Waals surface area contributed by atoms with Crippen LogP contribution in [0.25, 0.3) is 10.6 Å². The first-order valence-electron chi connectivity index (χ1n) is 6.58. The molecule has 0 spiro atoms. The molecule has 1 atom stereocenters. The normalized spacial score (nSPS) is 17.5. The summed E-state index contributed by atoms with van der Waals surface area (Å²) in [7, 11) is 1.53. The van der Waals surface area contributed by atoms with Crippen LogP contribution in [-0.2, 0) is 9.59 Å². The predicted octanol–water partition coefficient (Wildman–Crippen LogP) is 1.61. The fourth-order valence-electron chi connectivity index (χ4n) is 2.16. The molecule has 1 aromatic heterocycles. The van der Waals surface area contributed by atoms with Crippen LogP contribution < -0.4 is 5.32 Å². The summed E-state index contributed by atoms with van der Waals surface area (Å²) in [5.41, 5.74) is 1.40. The van der Waals surface area contributed by atoms with Crippen molar-refractivity contribution in [2.45, 2.75) is 6.92 Å². The Hall–Kier alpha value is -2.61. The second-order valence-corrected chi connectivity index (χ2v) is 5.78. The molecule has 0 aliphatic carbocycles. The largest absolute Gasteiger partial charge is 0.299 e. The van der Waals surface area contributed by atoms with Crippen molar-refractivity contribution in [2.75, 3.05) is 12.4 Å². The number of benzene rings is 1. The number of rotatable bonds is 3. The quantitative estimate of drug-likeness (QED) is 0.872. The van der Waals surface area contributed by atoms with Crippen molar-refractivity contribution >= 4 is 34.0 Å². The van der Waals surface area contributed by atoms with Crippen LogP contribution in [0.2, 0.25) is 0 Å². The third-order valence-corrected chi connectivity index (χ3v) is 4.12. The average molecular weight is 315 g/mol. The lowest BCUT2D eigenvalue weighted by molar-refractivity contribution is -0.134. The molecule has 1 aliphatic heterocycles. The van der Waals surface area contributed by atoms with Crippen LogP contribution in [0, 0.1) is 5.92 Å². The molecule has 0 radical (unpaired) electrons. The third-order valence-electron chi connectivity index (χ3n) is 3.23. The molecule has 2 aromatic rings. The lowest BCUT2D eigenvalue weighted by Crippen LogP contribution is -2.34. The molecular weight excluding hydrogens is 302 g/mol. The van der Waals surface area contributed by atoms with E-state index in [9.17, 15) is 9.59 Å². The van der Waals surface area contributed by atoms with Crippen LogP contribution in [0.3, 0.4) is 0 Å². The number of nitrogens with one attached hydrogen (secondary N) is 1. The Morgan fingerprint density at radius 1 is 1.27 bits per heavy atom. The molecule has 0 saturated carbocycles. The van der Waals surface area contributed by atoms with Gasteiger partial charge in [-0.2, -0.15) is 5.10 Å². The first-order valence-corrected chi connectivity index (χ1v) is 7.40. The van der Waals surface area contributed by atoms with E-state index in [1.54, 1.807) is 6.92 Å². The number of hydrogen-bond donors (Lipinski definition) is 1. The van der Waals surface area contributed by atoms with Crippen LogP contribution in [0.15, 0.2) is 35.4 Å². The minimum Gasteiger partial charge on any atom is -0.299 e. The number of aromatic nitrogens is 2. The van der Waals surface area contributed by atoms with Crippen molar-refractivity contribution in [3.05, 3.63) is 30.3 Å². The predicted molar refractivity (Wildman–Crippen MR) is 83.3 cm³/mol. The molecule has 7 nitrogen and oxygen atoms in total. The molecule has 112 valence electrons. The minimum atomic E-state index is -0.894. The first-order chi connectivity index (χ1) is 10.6. The van der Waals surface area contributed by atoms with Crippen LogP contribution in [0.5, 0.6) is 0 Å². The molecule has 2 heterocycles. The van der Waals surface area contributed by atoms with Gasteiger partial charge in [-0.25, -0.2) is 5.01 Å². The van der Waals surface area contributed by atoms with Gasteiger partial charge in [-0.1, -0.05) is 41.7 Å². The number of amides is 2. The van der Waals surface area contributed by atoms with Gasteiger partial charge in [0.05, 0.1) is 5.71 Å². The third kappa shape index (κ3) is 2.60. The van der Waals surface area contributed by atoms with Crippen molar-refractivity contribution in [1.29, 1.82) is 0 Å². The molecule has 2 amide bonds. The smallest absolute Gasteiger partial charge is 0.260 e. The van der Waals surface area contributed by atoms with Crippen LogP contribution in [0.4, 0.5) is 5.13 Å². The topological polar surface area (TPSA) is 87.5 Å². The molecule has 3 rings (SSSR count). The van der Waals surface area contributed by atoms with Crippen LogP contribution >= 0.6 is 11.3 Å². The van der Waals surface area contributed by atoms with Gasteiger partial charge in [0.25, 0.3) is 5.91 Å². The summed E-state index contributed by atoms with van der Waals surface area (Å²) in [6.07, 6.45) is 0. The molecule has 1 unspecified atom stereocenters. The second kappa shape index (κ2) is 5.64. The number of hydrazone groups is 1. The highest BCUT2D eigenvalue weighted by molar-refractivity contribution is 7.18. The summed E-state index contributed by atoms with van der Waals surface area (Å²) in [5, 5.41) is 16.8. The first kappa shape index (κ1) is 14.3. The van der Waals surface area contributed by atoms with Crippen LogP contribution in [0.1, 0.15) is 6.92 Å². The molecular formula is C14H13N5O2S. The zero-order valence-corrected chi connectivity index (χ0v) is 12.8. The highest BCUT2D eigenvalue weighted by Crippen LogP contribution is 2.26. The van der Waals surface area contributed by atoms with Crippen molar-refractivity contribution < 1.29 is 9.59 Å². The number of nitrogens with zero attached hydrogens (tertiary/aromatic N) is 4. The summed E-state index contributed by atoms with van der Waals surface area (Å²) in [6.45, 7) is 1.65. The molecule has 1 aliphatic rings. The van der Waals surface area contributed by atoms with E-state index >= 15 is 0 Å². The lowest BCUT2D eigenvalue weighted by atomic mass is 10.0. The number of carbonyl (C=O) groups is 2. The van der Waals surface area contributed by atoms with Gasteiger partial charge < -0.3 is 0 Å². The molecule has 1 aromatic carbocycles. The van der Waals surface area contributed by atoms with Crippen molar-refractivity contribution in [3.8, 4) is 10.6 Å². The highest BCUT2D eigenvalue weighted by Gasteiger charge is 2.37. The lowest BCUT2D eigenvalue weighted by Gasteiger charge is -2.08.